The zero-order valence-corrected chi connectivity index (χ0v) is 19.9. The highest BCUT2D eigenvalue weighted by atomic mass is 19.1. The minimum absolute atomic E-state index is 0.0402. The van der Waals surface area contributed by atoms with Crippen molar-refractivity contribution >= 4 is 11.6 Å². The quantitative estimate of drug-likeness (QED) is 0.422. The average molecular weight is 461 g/mol. The van der Waals surface area contributed by atoms with Gasteiger partial charge in [0.05, 0.1) is 0 Å². The summed E-state index contributed by atoms with van der Waals surface area (Å²) in [5.41, 5.74) is 3.27. The van der Waals surface area contributed by atoms with Crippen molar-refractivity contribution in [3.63, 3.8) is 0 Å². The number of nitrogens with zero attached hydrogens (tertiary/aromatic N) is 1. The molecule has 1 atom stereocenters. The summed E-state index contributed by atoms with van der Waals surface area (Å²) in [6, 6.07) is 24.7. The molecule has 0 unspecified atom stereocenters. The Morgan fingerprint density at radius 3 is 2.38 bits per heavy atom. The molecule has 1 amide bonds. The number of rotatable bonds is 8. The van der Waals surface area contributed by atoms with Gasteiger partial charge in [0.25, 0.3) is 0 Å². The lowest BCUT2D eigenvalue weighted by Crippen LogP contribution is -2.37. The molecule has 1 saturated heterocycles. The maximum atomic E-state index is 13.3. The Morgan fingerprint density at radius 2 is 1.71 bits per heavy atom. The first-order chi connectivity index (χ1) is 16.5. The molecule has 178 valence electrons. The number of piperidine rings is 1. The van der Waals surface area contributed by atoms with Crippen molar-refractivity contribution in [2.45, 2.75) is 38.7 Å². The Hall–Kier alpha value is -3.18. The zero-order chi connectivity index (χ0) is 23.9. The number of benzene rings is 3. The molecule has 3 aromatic rings. The number of hydrogen-bond donors (Lipinski definition) is 1. The third-order valence-electron chi connectivity index (χ3n) is 6.42. The fourth-order valence-electron chi connectivity index (χ4n) is 4.40. The van der Waals surface area contributed by atoms with E-state index in [1.807, 2.05) is 44.2 Å². The number of likely N-dealkylation sites (tertiary alicyclic amines) is 1. The van der Waals surface area contributed by atoms with E-state index in [0.29, 0.717) is 11.7 Å². The molecule has 1 heterocycles. The lowest BCUT2D eigenvalue weighted by atomic mass is 9.89. The predicted octanol–water partition coefficient (Wildman–Crippen LogP) is 6.42. The molecule has 0 aromatic heterocycles. The van der Waals surface area contributed by atoms with Crippen molar-refractivity contribution in [2.75, 3.05) is 25.0 Å². The van der Waals surface area contributed by atoms with E-state index >= 15 is 0 Å². The first-order valence-corrected chi connectivity index (χ1v) is 12.1. The Kier molecular flexibility index (Phi) is 7.96. The number of hydrogen-bond acceptors (Lipinski definition) is 3. The van der Waals surface area contributed by atoms with Gasteiger partial charge in [-0.2, -0.15) is 0 Å². The van der Waals surface area contributed by atoms with Gasteiger partial charge in [-0.3, -0.25) is 9.69 Å². The average Bonchev–Trinajstić information content (AvgIpc) is 2.86. The maximum Gasteiger partial charge on any atom is 0.226 e. The third-order valence-corrected chi connectivity index (χ3v) is 6.42. The standard InChI is InChI=1S/C29H33FN2O2/c1-21(2)29(33)31-26-10-6-9-24(19-26)22-15-17-32(18-16-22)20-28(23-7-4-3-5-8-23)34-27-13-11-25(30)12-14-27/h3-14,19,21-22,28H,15-18,20H2,1-2H3,(H,31,33)/t28-/m0/s1. The molecular formula is C29H33FN2O2. The van der Waals surface area contributed by atoms with Crippen LogP contribution >= 0.6 is 0 Å². The summed E-state index contributed by atoms with van der Waals surface area (Å²) in [6.45, 7) is 6.53. The SMILES string of the molecule is CC(C)C(=O)Nc1cccc(C2CCN(C[C@H](Oc3ccc(F)cc3)c3ccccc3)CC2)c1. The monoisotopic (exact) mass is 460 g/mol. The van der Waals surface area contributed by atoms with E-state index in [1.54, 1.807) is 12.1 Å². The van der Waals surface area contributed by atoms with E-state index in [1.165, 1.54) is 17.7 Å². The summed E-state index contributed by atoms with van der Waals surface area (Å²) in [7, 11) is 0. The van der Waals surface area contributed by atoms with Crippen molar-refractivity contribution in [2.24, 2.45) is 5.92 Å². The second kappa shape index (κ2) is 11.3. The van der Waals surface area contributed by atoms with Crippen LogP contribution in [-0.4, -0.2) is 30.4 Å². The van der Waals surface area contributed by atoms with Gasteiger partial charge in [0.15, 0.2) is 0 Å². The summed E-state index contributed by atoms with van der Waals surface area (Å²) in [5.74, 6) is 0.880. The number of halogens is 1. The Bertz CT molecular complexity index is 1060. The normalized spacial score (nSPS) is 15.8. The first kappa shape index (κ1) is 24.0. The van der Waals surface area contributed by atoms with Crippen molar-refractivity contribution in [3.05, 3.63) is 95.8 Å². The van der Waals surface area contributed by atoms with E-state index in [-0.39, 0.29) is 23.7 Å². The van der Waals surface area contributed by atoms with E-state index in [2.05, 4.69) is 34.5 Å². The molecule has 0 saturated carbocycles. The van der Waals surface area contributed by atoms with Crippen molar-refractivity contribution < 1.29 is 13.9 Å². The number of amides is 1. The van der Waals surface area contributed by atoms with Crippen LogP contribution in [0, 0.1) is 11.7 Å². The molecule has 0 radical (unpaired) electrons. The number of ether oxygens (including phenoxy) is 1. The van der Waals surface area contributed by atoms with Crippen LogP contribution in [0.1, 0.15) is 49.8 Å². The highest BCUT2D eigenvalue weighted by Crippen LogP contribution is 2.31. The van der Waals surface area contributed by atoms with Crippen LogP contribution in [0.25, 0.3) is 0 Å². The molecular weight excluding hydrogens is 427 g/mol. The molecule has 0 spiro atoms. The van der Waals surface area contributed by atoms with Crippen LogP contribution in [0.15, 0.2) is 78.9 Å². The highest BCUT2D eigenvalue weighted by molar-refractivity contribution is 5.92. The second-order valence-corrected chi connectivity index (χ2v) is 9.32. The van der Waals surface area contributed by atoms with Crippen LogP contribution in [0.2, 0.25) is 0 Å². The van der Waals surface area contributed by atoms with Gasteiger partial charge >= 0.3 is 0 Å². The molecule has 1 fully saturated rings. The van der Waals surface area contributed by atoms with Gasteiger partial charge in [-0.25, -0.2) is 4.39 Å². The molecule has 5 heteroatoms. The Morgan fingerprint density at radius 1 is 1.00 bits per heavy atom. The summed E-state index contributed by atoms with van der Waals surface area (Å²) in [6.07, 6.45) is 1.98. The lowest BCUT2D eigenvalue weighted by molar-refractivity contribution is -0.118. The van der Waals surface area contributed by atoms with Gasteiger partial charge in [-0.05, 0) is 79.4 Å². The summed E-state index contributed by atoms with van der Waals surface area (Å²) in [4.78, 5) is 14.5. The fourth-order valence-corrected chi connectivity index (χ4v) is 4.40. The van der Waals surface area contributed by atoms with Gasteiger partial charge in [0.2, 0.25) is 5.91 Å². The molecule has 4 nitrogen and oxygen atoms in total. The fraction of sp³-hybridized carbons (Fsp3) is 0.345. The Balaban J connectivity index is 1.38. The van der Waals surface area contributed by atoms with E-state index < -0.39 is 0 Å². The van der Waals surface area contributed by atoms with Crippen molar-refractivity contribution in [1.82, 2.24) is 4.90 Å². The van der Waals surface area contributed by atoms with Crippen LogP contribution in [0.4, 0.5) is 10.1 Å². The molecule has 0 aliphatic carbocycles. The van der Waals surface area contributed by atoms with Crippen LogP contribution in [0.3, 0.4) is 0 Å². The van der Waals surface area contributed by atoms with E-state index in [4.69, 9.17) is 4.74 Å². The molecule has 1 aliphatic rings. The number of carbonyl (C=O) groups excluding carboxylic acids is 1. The molecule has 34 heavy (non-hydrogen) atoms. The minimum Gasteiger partial charge on any atom is -0.484 e. The predicted molar refractivity (Wildman–Crippen MR) is 135 cm³/mol. The number of carbonyl (C=O) groups is 1. The van der Waals surface area contributed by atoms with Crippen LogP contribution in [-0.2, 0) is 4.79 Å². The molecule has 0 bridgehead atoms. The highest BCUT2D eigenvalue weighted by Gasteiger charge is 2.25. The van der Waals surface area contributed by atoms with E-state index in [9.17, 15) is 9.18 Å². The molecule has 1 aliphatic heterocycles. The maximum absolute atomic E-state index is 13.3. The topological polar surface area (TPSA) is 41.6 Å². The first-order valence-electron chi connectivity index (χ1n) is 12.1. The summed E-state index contributed by atoms with van der Waals surface area (Å²) in [5, 5.41) is 3.01. The second-order valence-electron chi connectivity index (χ2n) is 9.32. The minimum atomic E-state index is -0.265. The molecule has 4 rings (SSSR count). The van der Waals surface area contributed by atoms with Gasteiger partial charge in [-0.15, -0.1) is 0 Å². The van der Waals surface area contributed by atoms with Gasteiger partial charge in [0.1, 0.15) is 17.7 Å². The summed E-state index contributed by atoms with van der Waals surface area (Å²) < 4.78 is 19.6. The Labute approximate surface area is 201 Å². The molecule has 1 N–H and O–H groups in total. The smallest absolute Gasteiger partial charge is 0.226 e. The van der Waals surface area contributed by atoms with Gasteiger partial charge < -0.3 is 10.1 Å². The lowest BCUT2D eigenvalue weighted by Gasteiger charge is -2.34. The third kappa shape index (κ3) is 6.45. The largest absolute Gasteiger partial charge is 0.484 e. The van der Waals surface area contributed by atoms with Crippen LogP contribution < -0.4 is 10.1 Å². The van der Waals surface area contributed by atoms with Gasteiger partial charge in [-0.1, -0.05) is 56.3 Å². The zero-order valence-electron chi connectivity index (χ0n) is 19.9. The van der Waals surface area contributed by atoms with E-state index in [0.717, 1.165) is 43.7 Å². The number of anilines is 1. The summed E-state index contributed by atoms with van der Waals surface area (Å²) >= 11 is 0. The number of nitrogens with one attached hydrogen (secondary N) is 1. The van der Waals surface area contributed by atoms with Crippen molar-refractivity contribution in [3.8, 4) is 5.75 Å². The molecule has 3 aromatic carbocycles. The van der Waals surface area contributed by atoms with Crippen LogP contribution in [0.5, 0.6) is 5.75 Å². The van der Waals surface area contributed by atoms with Gasteiger partial charge in [0, 0.05) is 18.2 Å². The van der Waals surface area contributed by atoms with Crippen molar-refractivity contribution in [1.29, 1.82) is 0 Å².